The third-order valence-electron chi connectivity index (χ3n) is 3.27. The van der Waals surface area contributed by atoms with Crippen LogP contribution in [0.4, 0.5) is 0 Å². The van der Waals surface area contributed by atoms with Crippen LogP contribution in [0.25, 0.3) is 0 Å². The number of piperidine rings is 1. The van der Waals surface area contributed by atoms with Crippen LogP contribution in [0.3, 0.4) is 0 Å². The van der Waals surface area contributed by atoms with E-state index in [1.54, 1.807) is 7.11 Å². The molecule has 1 fully saturated rings. The predicted molar refractivity (Wildman–Crippen MR) is 63.3 cm³/mol. The van der Waals surface area contributed by atoms with Crippen LogP contribution in [0.2, 0.25) is 0 Å². The van der Waals surface area contributed by atoms with Crippen molar-refractivity contribution in [3.8, 4) is 0 Å². The van der Waals surface area contributed by atoms with Crippen LogP contribution in [-0.4, -0.2) is 47.9 Å². The Hall–Kier alpha value is -1.40. The molecule has 0 atom stereocenters. The maximum Gasteiger partial charge on any atom is 0.358 e. The lowest BCUT2D eigenvalue weighted by Crippen LogP contribution is -2.34. The molecule has 0 saturated carbocycles. The summed E-state index contributed by atoms with van der Waals surface area (Å²) < 4.78 is 10.2. The van der Waals surface area contributed by atoms with E-state index in [1.807, 2.05) is 0 Å². The average Bonchev–Trinajstić information content (AvgIpc) is 2.81. The van der Waals surface area contributed by atoms with Gasteiger partial charge in [0.25, 0.3) is 0 Å². The molecule has 0 unspecified atom stereocenters. The lowest BCUT2D eigenvalue weighted by atomic mass is 9.98. The van der Waals surface area contributed by atoms with Gasteiger partial charge < -0.3 is 14.4 Å². The zero-order chi connectivity index (χ0) is 13.0. The van der Waals surface area contributed by atoms with E-state index in [1.165, 1.54) is 6.07 Å². The van der Waals surface area contributed by atoms with Gasteiger partial charge in [-0.2, -0.15) is 0 Å². The normalized spacial score (nSPS) is 18.1. The first-order valence-electron chi connectivity index (χ1n) is 6.09. The van der Waals surface area contributed by atoms with E-state index in [4.69, 9.17) is 14.4 Å². The standard InChI is InChI=1S/C12H18N2O4/c1-17-8-9-2-4-14(5-3-9)7-10-6-11(12(15)16)13-18-10/h6,9H,2-5,7-8H2,1H3,(H,15,16). The molecule has 1 aromatic heterocycles. The van der Waals surface area contributed by atoms with E-state index in [-0.39, 0.29) is 5.69 Å². The Morgan fingerprint density at radius 1 is 1.61 bits per heavy atom. The molecule has 100 valence electrons. The molecule has 1 aliphatic heterocycles. The zero-order valence-corrected chi connectivity index (χ0v) is 10.5. The smallest absolute Gasteiger partial charge is 0.358 e. The number of carboxylic acids is 1. The predicted octanol–water partition coefficient (Wildman–Crippen LogP) is 1.23. The fraction of sp³-hybridized carbons (Fsp3) is 0.667. The molecule has 6 heteroatoms. The minimum absolute atomic E-state index is 0.0285. The summed E-state index contributed by atoms with van der Waals surface area (Å²) in [7, 11) is 1.73. The second-order valence-corrected chi connectivity index (χ2v) is 4.66. The van der Waals surface area contributed by atoms with Crippen LogP contribution in [-0.2, 0) is 11.3 Å². The molecule has 0 amide bonds. The van der Waals surface area contributed by atoms with Crippen LogP contribution in [0.1, 0.15) is 29.1 Å². The van der Waals surface area contributed by atoms with Crippen molar-refractivity contribution in [2.24, 2.45) is 5.92 Å². The Morgan fingerprint density at radius 2 is 2.33 bits per heavy atom. The van der Waals surface area contributed by atoms with E-state index < -0.39 is 5.97 Å². The largest absolute Gasteiger partial charge is 0.476 e. The van der Waals surface area contributed by atoms with Crippen LogP contribution in [0.15, 0.2) is 10.6 Å². The van der Waals surface area contributed by atoms with Gasteiger partial charge in [0.15, 0.2) is 11.5 Å². The van der Waals surface area contributed by atoms with Gasteiger partial charge >= 0.3 is 5.97 Å². The molecule has 0 spiro atoms. The molecule has 0 aromatic carbocycles. The van der Waals surface area contributed by atoms with Crippen molar-refractivity contribution in [2.45, 2.75) is 19.4 Å². The fourth-order valence-corrected chi connectivity index (χ4v) is 2.26. The van der Waals surface area contributed by atoms with Crippen molar-refractivity contribution >= 4 is 5.97 Å². The summed E-state index contributed by atoms with van der Waals surface area (Å²) in [5.41, 5.74) is -0.0285. The van der Waals surface area contributed by atoms with Gasteiger partial charge in [0.2, 0.25) is 0 Å². The Morgan fingerprint density at radius 3 is 2.89 bits per heavy atom. The Kier molecular flexibility index (Phi) is 4.33. The van der Waals surface area contributed by atoms with Crippen LogP contribution >= 0.6 is 0 Å². The third-order valence-corrected chi connectivity index (χ3v) is 3.27. The molecule has 18 heavy (non-hydrogen) atoms. The summed E-state index contributed by atoms with van der Waals surface area (Å²) in [5, 5.41) is 12.3. The van der Waals surface area contributed by atoms with Gasteiger partial charge in [0.1, 0.15) is 0 Å². The molecule has 0 bridgehead atoms. The highest BCUT2D eigenvalue weighted by Gasteiger charge is 2.20. The first-order valence-corrected chi connectivity index (χ1v) is 6.09. The maximum absolute atomic E-state index is 10.7. The third kappa shape index (κ3) is 3.30. The fourth-order valence-electron chi connectivity index (χ4n) is 2.26. The van der Waals surface area contributed by atoms with Crippen molar-refractivity contribution in [2.75, 3.05) is 26.8 Å². The zero-order valence-electron chi connectivity index (χ0n) is 10.5. The SMILES string of the molecule is COCC1CCN(Cc2cc(C(=O)O)no2)CC1. The number of nitrogens with zero attached hydrogens (tertiary/aromatic N) is 2. The number of hydrogen-bond donors (Lipinski definition) is 1. The molecule has 2 heterocycles. The Balaban J connectivity index is 1.82. The summed E-state index contributed by atoms with van der Waals surface area (Å²) in [4.78, 5) is 12.9. The van der Waals surface area contributed by atoms with Crippen molar-refractivity contribution in [3.63, 3.8) is 0 Å². The molecule has 2 rings (SSSR count). The first-order chi connectivity index (χ1) is 8.69. The van der Waals surface area contributed by atoms with Crippen molar-refractivity contribution in [1.82, 2.24) is 10.1 Å². The highest BCUT2D eigenvalue weighted by Crippen LogP contribution is 2.19. The number of aromatic carboxylic acids is 1. The summed E-state index contributed by atoms with van der Waals surface area (Å²) in [6, 6.07) is 1.49. The average molecular weight is 254 g/mol. The van der Waals surface area contributed by atoms with Crippen molar-refractivity contribution < 1.29 is 19.2 Å². The van der Waals surface area contributed by atoms with Crippen molar-refractivity contribution in [1.29, 1.82) is 0 Å². The highest BCUT2D eigenvalue weighted by molar-refractivity contribution is 5.85. The topological polar surface area (TPSA) is 75.8 Å². The van der Waals surface area contributed by atoms with Crippen LogP contribution in [0.5, 0.6) is 0 Å². The Bertz CT molecular complexity index is 397. The van der Waals surface area contributed by atoms with Crippen LogP contribution < -0.4 is 0 Å². The molecule has 1 aliphatic rings. The number of carboxylic acid groups (broad SMARTS) is 1. The molecule has 6 nitrogen and oxygen atoms in total. The van der Waals surface area contributed by atoms with Gasteiger partial charge in [-0.25, -0.2) is 4.79 Å². The van der Waals surface area contributed by atoms with Gasteiger partial charge in [0.05, 0.1) is 6.54 Å². The molecular formula is C12H18N2O4. The van der Waals surface area contributed by atoms with Gasteiger partial charge in [-0.3, -0.25) is 4.90 Å². The molecule has 1 saturated heterocycles. The van der Waals surface area contributed by atoms with E-state index in [0.717, 1.165) is 32.5 Å². The summed E-state index contributed by atoms with van der Waals surface area (Å²) in [6.07, 6.45) is 2.21. The van der Waals surface area contributed by atoms with E-state index in [2.05, 4.69) is 10.1 Å². The van der Waals surface area contributed by atoms with E-state index in [0.29, 0.717) is 18.2 Å². The van der Waals surface area contributed by atoms with E-state index in [9.17, 15) is 4.79 Å². The number of carbonyl (C=O) groups is 1. The van der Waals surface area contributed by atoms with Gasteiger partial charge in [-0.1, -0.05) is 5.16 Å². The highest BCUT2D eigenvalue weighted by atomic mass is 16.5. The molecule has 0 aliphatic carbocycles. The second kappa shape index (κ2) is 5.97. The number of aromatic nitrogens is 1. The number of ether oxygens (including phenoxy) is 1. The lowest BCUT2D eigenvalue weighted by Gasteiger charge is -2.30. The Labute approximate surface area is 106 Å². The molecule has 0 radical (unpaired) electrons. The first kappa shape index (κ1) is 13.0. The van der Waals surface area contributed by atoms with Crippen molar-refractivity contribution in [3.05, 3.63) is 17.5 Å². The minimum Gasteiger partial charge on any atom is -0.476 e. The van der Waals surface area contributed by atoms with Gasteiger partial charge in [-0.15, -0.1) is 0 Å². The number of likely N-dealkylation sites (tertiary alicyclic amines) is 1. The van der Waals surface area contributed by atoms with Crippen LogP contribution in [0, 0.1) is 5.92 Å². The maximum atomic E-state index is 10.7. The summed E-state index contributed by atoms with van der Waals surface area (Å²) >= 11 is 0. The van der Waals surface area contributed by atoms with Gasteiger partial charge in [-0.05, 0) is 31.8 Å². The summed E-state index contributed by atoms with van der Waals surface area (Å²) in [6.45, 7) is 3.41. The monoisotopic (exact) mass is 254 g/mol. The molecule has 1 aromatic rings. The van der Waals surface area contributed by atoms with E-state index >= 15 is 0 Å². The second-order valence-electron chi connectivity index (χ2n) is 4.66. The quantitative estimate of drug-likeness (QED) is 0.851. The van der Waals surface area contributed by atoms with Gasteiger partial charge in [0, 0.05) is 19.8 Å². The number of methoxy groups -OCH3 is 1. The summed E-state index contributed by atoms with van der Waals surface area (Å²) in [5.74, 6) is 0.192. The minimum atomic E-state index is -1.05. The lowest BCUT2D eigenvalue weighted by molar-refractivity contribution is 0.0685. The molecular weight excluding hydrogens is 236 g/mol. The number of rotatable bonds is 5. The number of hydrogen-bond acceptors (Lipinski definition) is 5. The molecule has 1 N–H and O–H groups in total.